The van der Waals surface area contributed by atoms with Gasteiger partial charge in [-0.1, -0.05) is 32.6 Å². The molecule has 1 heterocycles. The number of rotatable bonds is 4. The summed E-state index contributed by atoms with van der Waals surface area (Å²) < 4.78 is 0. The van der Waals surface area contributed by atoms with Gasteiger partial charge in [0, 0.05) is 6.54 Å². The molecule has 2 aliphatic rings. The second kappa shape index (κ2) is 5.17. The van der Waals surface area contributed by atoms with Crippen molar-refractivity contribution in [3.05, 3.63) is 0 Å². The molecule has 0 atom stereocenters. The topological polar surface area (TPSA) is 66.6 Å². The van der Waals surface area contributed by atoms with E-state index in [0.717, 1.165) is 38.5 Å². The van der Waals surface area contributed by atoms with E-state index in [0.29, 0.717) is 19.6 Å². The second-order valence-electron chi connectivity index (χ2n) is 6.18. The first-order valence-electron chi connectivity index (χ1n) is 7.27. The summed E-state index contributed by atoms with van der Waals surface area (Å²) in [6.45, 7) is 3.52. The lowest BCUT2D eigenvalue weighted by atomic mass is 9.72. The minimum absolute atomic E-state index is 0.186. The lowest BCUT2D eigenvalue weighted by molar-refractivity contribution is -0.168. The van der Waals surface area contributed by atoms with Gasteiger partial charge in [0.1, 0.15) is 0 Å². The highest BCUT2D eigenvalue weighted by Crippen LogP contribution is 2.39. The number of carbonyl (C=O) groups excluding carboxylic acids is 1. The van der Waals surface area contributed by atoms with E-state index in [2.05, 4.69) is 6.92 Å². The zero-order valence-corrected chi connectivity index (χ0v) is 11.5. The van der Waals surface area contributed by atoms with Crippen LogP contribution in [0.25, 0.3) is 0 Å². The molecule has 104 valence electrons. The zero-order valence-electron chi connectivity index (χ0n) is 11.5. The number of hydrogen-bond acceptors (Lipinski definition) is 3. The van der Waals surface area contributed by atoms with Crippen LogP contribution in [-0.2, 0) is 4.79 Å². The number of hydrogen-bond donors (Lipinski definition) is 2. The Morgan fingerprint density at radius 1 is 1.28 bits per heavy atom. The fourth-order valence-electron chi connectivity index (χ4n) is 3.50. The molecular weight excluding hydrogens is 228 g/mol. The summed E-state index contributed by atoms with van der Waals surface area (Å²) >= 11 is 0. The Morgan fingerprint density at radius 2 is 1.89 bits per heavy atom. The summed E-state index contributed by atoms with van der Waals surface area (Å²) in [7, 11) is 0. The van der Waals surface area contributed by atoms with Crippen molar-refractivity contribution in [3.8, 4) is 0 Å². The van der Waals surface area contributed by atoms with E-state index in [1.54, 1.807) is 0 Å². The van der Waals surface area contributed by atoms with Gasteiger partial charge >= 0.3 is 0 Å². The van der Waals surface area contributed by atoms with Crippen LogP contribution in [0.2, 0.25) is 0 Å². The highest BCUT2D eigenvalue weighted by Gasteiger charge is 2.49. The first-order chi connectivity index (χ1) is 8.55. The number of amides is 1. The number of carbonyl (C=O) groups is 1. The van der Waals surface area contributed by atoms with Gasteiger partial charge in [0.25, 0.3) is 0 Å². The predicted octanol–water partition coefficient (Wildman–Crippen LogP) is 1.27. The van der Waals surface area contributed by atoms with E-state index in [4.69, 9.17) is 5.73 Å². The van der Waals surface area contributed by atoms with Gasteiger partial charge < -0.3 is 15.7 Å². The molecule has 0 aromatic rings. The molecule has 1 saturated carbocycles. The maximum atomic E-state index is 12.6. The van der Waals surface area contributed by atoms with E-state index >= 15 is 0 Å². The van der Waals surface area contributed by atoms with Gasteiger partial charge in [-0.2, -0.15) is 0 Å². The van der Waals surface area contributed by atoms with Crippen molar-refractivity contribution in [1.82, 2.24) is 4.90 Å². The van der Waals surface area contributed by atoms with Crippen molar-refractivity contribution in [3.63, 3.8) is 0 Å². The van der Waals surface area contributed by atoms with E-state index in [1.165, 1.54) is 6.42 Å². The van der Waals surface area contributed by atoms with Crippen molar-refractivity contribution in [2.45, 2.75) is 57.5 Å². The van der Waals surface area contributed by atoms with E-state index < -0.39 is 5.60 Å². The van der Waals surface area contributed by atoms with Gasteiger partial charge in [0.15, 0.2) is 0 Å². The molecule has 0 bridgehead atoms. The minimum Gasteiger partial charge on any atom is -0.386 e. The molecule has 0 unspecified atom stereocenters. The van der Waals surface area contributed by atoms with Crippen LogP contribution in [0.1, 0.15) is 51.9 Å². The number of nitrogens with zero attached hydrogens (tertiary/aromatic N) is 1. The summed E-state index contributed by atoms with van der Waals surface area (Å²) in [5.41, 5.74) is 4.91. The van der Waals surface area contributed by atoms with Gasteiger partial charge in [0.2, 0.25) is 5.91 Å². The fourth-order valence-corrected chi connectivity index (χ4v) is 3.50. The van der Waals surface area contributed by atoms with Crippen LogP contribution in [0, 0.1) is 5.41 Å². The molecule has 1 aliphatic heterocycles. The Balaban J connectivity index is 1.95. The Labute approximate surface area is 110 Å². The average molecular weight is 254 g/mol. The average Bonchev–Trinajstić information content (AvgIpc) is 2.36. The third-order valence-electron chi connectivity index (χ3n) is 4.63. The predicted molar refractivity (Wildman–Crippen MR) is 71.0 cm³/mol. The SMILES string of the molecule is CCCC1(O)CN(C(=O)C2(CN)CCCCC2)C1. The normalized spacial score (nSPS) is 25.6. The van der Waals surface area contributed by atoms with Crippen LogP contribution < -0.4 is 5.73 Å². The van der Waals surface area contributed by atoms with Crippen LogP contribution in [-0.4, -0.2) is 41.1 Å². The summed E-state index contributed by atoms with van der Waals surface area (Å²) in [6.07, 6.45) is 7.02. The van der Waals surface area contributed by atoms with Crippen LogP contribution in [0.5, 0.6) is 0 Å². The molecule has 0 aromatic carbocycles. The summed E-state index contributed by atoms with van der Waals surface area (Å²) in [5.74, 6) is 0.186. The Morgan fingerprint density at radius 3 is 2.39 bits per heavy atom. The molecular formula is C14H26N2O2. The molecule has 4 nitrogen and oxygen atoms in total. The molecule has 4 heteroatoms. The van der Waals surface area contributed by atoms with E-state index in [9.17, 15) is 9.90 Å². The molecule has 0 spiro atoms. The van der Waals surface area contributed by atoms with Crippen molar-refractivity contribution in [2.24, 2.45) is 11.1 Å². The van der Waals surface area contributed by atoms with Crippen LogP contribution in [0.4, 0.5) is 0 Å². The van der Waals surface area contributed by atoms with Gasteiger partial charge in [-0.15, -0.1) is 0 Å². The molecule has 2 fully saturated rings. The molecule has 2 rings (SSSR count). The van der Waals surface area contributed by atoms with Gasteiger partial charge in [-0.3, -0.25) is 4.79 Å². The van der Waals surface area contributed by atoms with Gasteiger partial charge in [0.05, 0.1) is 24.1 Å². The van der Waals surface area contributed by atoms with Gasteiger partial charge in [-0.05, 0) is 19.3 Å². The van der Waals surface area contributed by atoms with E-state index in [1.807, 2.05) is 4.90 Å². The maximum Gasteiger partial charge on any atom is 0.230 e. The zero-order chi connectivity index (χ0) is 13.2. The first kappa shape index (κ1) is 13.8. The van der Waals surface area contributed by atoms with Gasteiger partial charge in [-0.25, -0.2) is 0 Å². The Kier molecular flexibility index (Phi) is 3.97. The van der Waals surface area contributed by atoms with Crippen molar-refractivity contribution >= 4 is 5.91 Å². The first-order valence-corrected chi connectivity index (χ1v) is 7.27. The molecule has 1 aliphatic carbocycles. The summed E-state index contributed by atoms with van der Waals surface area (Å²) in [4.78, 5) is 14.4. The molecule has 0 radical (unpaired) electrons. The molecule has 18 heavy (non-hydrogen) atoms. The smallest absolute Gasteiger partial charge is 0.230 e. The maximum absolute atomic E-state index is 12.6. The van der Waals surface area contributed by atoms with Crippen molar-refractivity contribution in [2.75, 3.05) is 19.6 Å². The third kappa shape index (κ3) is 2.41. The van der Waals surface area contributed by atoms with Crippen LogP contribution in [0.15, 0.2) is 0 Å². The lowest BCUT2D eigenvalue weighted by Gasteiger charge is -2.50. The van der Waals surface area contributed by atoms with Crippen LogP contribution in [0.3, 0.4) is 0 Å². The quantitative estimate of drug-likeness (QED) is 0.794. The standard InChI is InChI=1S/C14H26N2O2/c1-2-6-14(18)10-16(11-14)12(17)13(9-15)7-4-3-5-8-13/h18H,2-11,15H2,1H3. The highest BCUT2D eigenvalue weighted by atomic mass is 16.3. The Bertz CT molecular complexity index is 305. The number of aliphatic hydroxyl groups is 1. The lowest BCUT2D eigenvalue weighted by Crippen LogP contribution is -2.66. The monoisotopic (exact) mass is 254 g/mol. The summed E-state index contributed by atoms with van der Waals surface area (Å²) in [6, 6.07) is 0. The largest absolute Gasteiger partial charge is 0.386 e. The second-order valence-corrected chi connectivity index (χ2v) is 6.18. The highest BCUT2D eigenvalue weighted by molar-refractivity contribution is 5.84. The van der Waals surface area contributed by atoms with E-state index in [-0.39, 0.29) is 11.3 Å². The minimum atomic E-state index is -0.630. The van der Waals surface area contributed by atoms with Crippen molar-refractivity contribution in [1.29, 1.82) is 0 Å². The fraction of sp³-hybridized carbons (Fsp3) is 0.929. The molecule has 1 saturated heterocycles. The van der Waals surface area contributed by atoms with Crippen molar-refractivity contribution < 1.29 is 9.90 Å². The Hall–Kier alpha value is -0.610. The molecule has 1 amide bonds. The number of β-amino-alcohol motifs (C(OH)–C–C–N with tert-alkyl or cyclic N) is 1. The molecule has 0 aromatic heterocycles. The number of nitrogens with two attached hydrogens (primary N) is 1. The third-order valence-corrected chi connectivity index (χ3v) is 4.63. The van der Waals surface area contributed by atoms with Crippen LogP contribution >= 0.6 is 0 Å². The number of likely N-dealkylation sites (tertiary alicyclic amines) is 1. The molecule has 3 N–H and O–H groups in total. The summed E-state index contributed by atoms with van der Waals surface area (Å²) in [5, 5.41) is 10.2.